The minimum Gasteiger partial charge on any atom is -0.289 e. The highest BCUT2D eigenvalue weighted by Crippen LogP contribution is 2.52. The average molecular weight is 372 g/mol. The van der Waals surface area contributed by atoms with E-state index >= 15 is 0 Å². The average Bonchev–Trinajstić information content (AvgIpc) is 3.16. The van der Waals surface area contributed by atoms with E-state index in [2.05, 4.69) is 12.1 Å². The number of hydrogen-bond acceptors (Lipinski definition) is 3. The molecule has 0 aliphatic heterocycles. The third-order valence-corrected chi connectivity index (χ3v) is 5.10. The molecule has 0 aromatic heterocycles. The Morgan fingerprint density at radius 3 is 1.69 bits per heavy atom. The Morgan fingerprint density at radius 1 is 0.690 bits per heavy atom. The molecule has 0 amide bonds. The Bertz CT molecular complexity index is 1190. The predicted molar refractivity (Wildman–Crippen MR) is 112 cm³/mol. The van der Waals surface area contributed by atoms with Crippen LogP contribution in [0.15, 0.2) is 103 Å². The molecular weight excluding hydrogens is 356 g/mol. The van der Waals surface area contributed by atoms with Crippen LogP contribution in [0, 0.1) is 28.1 Å². The molecule has 3 aromatic rings. The van der Waals surface area contributed by atoms with E-state index in [1.54, 1.807) is 30.3 Å². The van der Waals surface area contributed by atoms with Gasteiger partial charge in [-0.2, -0.15) is 10.5 Å². The number of nitriles is 2. The molecule has 0 spiro atoms. The van der Waals surface area contributed by atoms with Crippen LogP contribution in [0.1, 0.15) is 21.5 Å². The van der Waals surface area contributed by atoms with Crippen LogP contribution < -0.4 is 0 Å². The lowest BCUT2D eigenvalue weighted by Crippen LogP contribution is -2.19. The molecule has 0 atom stereocenters. The standard InChI is InChI=1S/C26H16N2O/c27-17-26(18-28)23(19-10-4-1-5-11-19)16-22(24(26)20-12-6-2-7-13-20)25(29)21-14-8-3-9-15-21/h1-16H. The first kappa shape index (κ1) is 18.2. The summed E-state index contributed by atoms with van der Waals surface area (Å²) in [5, 5.41) is 20.4. The monoisotopic (exact) mass is 372 g/mol. The fraction of sp³-hybridized carbons (Fsp3) is 0.0385. The maximum Gasteiger partial charge on any atom is 0.195 e. The van der Waals surface area contributed by atoms with E-state index in [0.717, 1.165) is 5.56 Å². The van der Waals surface area contributed by atoms with Crippen molar-refractivity contribution in [2.75, 3.05) is 0 Å². The van der Waals surface area contributed by atoms with Crippen LogP contribution in [0.4, 0.5) is 0 Å². The second-order valence-corrected chi connectivity index (χ2v) is 6.75. The largest absolute Gasteiger partial charge is 0.289 e. The first-order valence-electron chi connectivity index (χ1n) is 9.21. The molecule has 1 aliphatic carbocycles. The Morgan fingerprint density at radius 2 is 1.17 bits per heavy atom. The molecule has 3 nitrogen and oxygen atoms in total. The maximum atomic E-state index is 13.4. The van der Waals surface area contributed by atoms with Gasteiger partial charge < -0.3 is 0 Å². The van der Waals surface area contributed by atoms with E-state index in [1.807, 2.05) is 66.7 Å². The fourth-order valence-electron chi connectivity index (χ4n) is 3.74. The minimum absolute atomic E-state index is 0.203. The third-order valence-electron chi connectivity index (χ3n) is 5.10. The Kier molecular flexibility index (Phi) is 4.65. The second-order valence-electron chi connectivity index (χ2n) is 6.75. The highest BCUT2D eigenvalue weighted by molar-refractivity contribution is 6.21. The van der Waals surface area contributed by atoms with Gasteiger partial charge in [0.05, 0.1) is 12.1 Å². The van der Waals surface area contributed by atoms with Gasteiger partial charge >= 0.3 is 0 Å². The van der Waals surface area contributed by atoms with E-state index in [4.69, 9.17) is 0 Å². The number of hydrogen-bond donors (Lipinski definition) is 0. The summed E-state index contributed by atoms with van der Waals surface area (Å²) < 4.78 is 0. The highest BCUT2D eigenvalue weighted by atomic mass is 16.1. The predicted octanol–water partition coefficient (Wildman–Crippen LogP) is 5.45. The van der Waals surface area contributed by atoms with Crippen molar-refractivity contribution < 1.29 is 4.79 Å². The van der Waals surface area contributed by atoms with E-state index in [1.165, 1.54) is 0 Å². The zero-order valence-corrected chi connectivity index (χ0v) is 15.5. The van der Waals surface area contributed by atoms with Crippen LogP contribution >= 0.6 is 0 Å². The van der Waals surface area contributed by atoms with Gasteiger partial charge in [0.15, 0.2) is 11.2 Å². The quantitative estimate of drug-likeness (QED) is 0.572. The lowest BCUT2D eigenvalue weighted by atomic mass is 9.74. The van der Waals surface area contributed by atoms with E-state index in [-0.39, 0.29) is 5.78 Å². The molecule has 0 fully saturated rings. The number of allylic oxidation sites excluding steroid dienone is 4. The number of nitrogens with zero attached hydrogens (tertiary/aromatic N) is 2. The normalized spacial score (nSPS) is 14.6. The highest BCUT2D eigenvalue weighted by Gasteiger charge is 2.47. The number of ketones is 1. The van der Waals surface area contributed by atoms with Crippen LogP contribution in [-0.4, -0.2) is 5.78 Å². The van der Waals surface area contributed by atoms with Gasteiger partial charge in [0.25, 0.3) is 0 Å². The topological polar surface area (TPSA) is 64.7 Å². The minimum atomic E-state index is -1.57. The fourth-order valence-corrected chi connectivity index (χ4v) is 3.74. The molecule has 29 heavy (non-hydrogen) atoms. The summed E-state index contributed by atoms with van der Waals surface area (Å²) in [6.07, 6.45) is 1.71. The summed E-state index contributed by atoms with van der Waals surface area (Å²) in [5.74, 6) is -0.203. The smallest absolute Gasteiger partial charge is 0.195 e. The maximum absolute atomic E-state index is 13.4. The van der Waals surface area contributed by atoms with Crippen LogP contribution in [0.5, 0.6) is 0 Å². The van der Waals surface area contributed by atoms with Gasteiger partial charge in [-0.15, -0.1) is 0 Å². The molecule has 4 rings (SSSR count). The van der Waals surface area contributed by atoms with Gasteiger partial charge in [0, 0.05) is 16.7 Å². The van der Waals surface area contributed by atoms with Crippen molar-refractivity contribution in [2.24, 2.45) is 5.41 Å². The first-order chi connectivity index (χ1) is 14.2. The lowest BCUT2D eigenvalue weighted by Gasteiger charge is -2.22. The Balaban J connectivity index is 2.02. The van der Waals surface area contributed by atoms with Crippen molar-refractivity contribution in [3.8, 4) is 12.1 Å². The molecule has 0 N–H and O–H groups in total. The summed E-state index contributed by atoms with van der Waals surface area (Å²) in [4.78, 5) is 13.4. The van der Waals surface area contributed by atoms with Crippen molar-refractivity contribution in [2.45, 2.75) is 0 Å². The van der Waals surface area contributed by atoms with Gasteiger partial charge in [-0.1, -0.05) is 91.0 Å². The molecule has 0 bridgehead atoms. The Labute approximate surface area is 169 Å². The molecule has 136 valence electrons. The molecule has 1 aliphatic rings. The van der Waals surface area contributed by atoms with Gasteiger partial charge in [-0.05, 0) is 22.8 Å². The zero-order valence-electron chi connectivity index (χ0n) is 15.5. The van der Waals surface area contributed by atoms with Gasteiger partial charge in [-0.25, -0.2) is 0 Å². The van der Waals surface area contributed by atoms with Crippen molar-refractivity contribution in [3.05, 3.63) is 119 Å². The van der Waals surface area contributed by atoms with E-state index in [9.17, 15) is 15.3 Å². The molecule has 0 saturated carbocycles. The summed E-state index contributed by atoms with van der Waals surface area (Å²) >= 11 is 0. The number of benzene rings is 3. The molecule has 3 heteroatoms. The summed E-state index contributed by atoms with van der Waals surface area (Å²) in [5.41, 5.74) is 1.74. The number of carbonyl (C=O) groups is 1. The van der Waals surface area contributed by atoms with E-state index in [0.29, 0.717) is 27.8 Å². The van der Waals surface area contributed by atoms with Crippen molar-refractivity contribution >= 4 is 16.9 Å². The van der Waals surface area contributed by atoms with E-state index < -0.39 is 5.41 Å². The number of carbonyl (C=O) groups excluding carboxylic acids is 1. The molecule has 0 saturated heterocycles. The van der Waals surface area contributed by atoms with Crippen LogP contribution in [0.3, 0.4) is 0 Å². The van der Waals surface area contributed by atoms with Crippen molar-refractivity contribution in [1.82, 2.24) is 0 Å². The van der Waals surface area contributed by atoms with Crippen molar-refractivity contribution in [1.29, 1.82) is 10.5 Å². The van der Waals surface area contributed by atoms with Crippen LogP contribution in [0.2, 0.25) is 0 Å². The number of rotatable bonds is 4. The van der Waals surface area contributed by atoms with Gasteiger partial charge in [-0.3, -0.25) is 4.79 Å². The lowest BCUT2D eigenvalue weighted by molar-refractivity contribution is 0.103. The first-order valence-corrected chi connectivity index (χ1v) is 9.21. The van der Waals surface area contributed by atoms with Crippen molar-refractivity contribution in [3.63, 3.8) is 0 Å². The third kappa shape index (κ3) is 2.96. The molecule has 0 radical (unpaired) electrons. The zero-order chi connectivity index (χ0) is 20.3. The second kappa shape index (κ2) is 7.43. The number of Topliss-reactive ketones (excluding diaryl/α,β-unsaturated/α-hetero) is 1. The molecule has 0 heterocycles. The summed E-state index contributed by atoms with van der Waals surface area (Å²) in [7, 11) is 0. The van der Waals surface area contributed by atoms with Crippen LogP contribution in [-0.2, 0) is 0 Å². The van der Waals surface area contributed by atoms with Gasteiger partial charge in [0.1, 0.15) is 0 Å². The van der Waals surface area contributed by atoms with Gasteiger partial charge in [0.2, 0.25) is 0 Å². The van der Waals surface area contributed by atoms with Crippen LogP contribution in [0.25, 0.3) is 11.1 Å². The summed E-state index contributed by atoms with van der Waals surface area (Å²) in [6, 6.07) is 31.9. The molecule has 3 aromatic carbocycles. The molecule has 0 unspecified atom stereocenters. The SMILES string of the molecule is N#CC1(C#N)C(c2ccccc2)=CC(C(=O)c2ccccc2)=C1c1ccccc1. The Hall–Kier alpha value is -4.21. The molecular formula is C26H16N2O. The summed E-state index contributed by atoms with van der Waals surface area (Å²) in [6.45, 7) is 0.